The molecule has 0 radical (unpaired) electrons. The van der Waals surface area contributed by atoms with E-state index in [4.69, 9.17) is 0 Å². The summed E-state index contributed by atoms with van der Waals surface area (Å²) in [6.07, 6.45) is 3.21. The first-order chi connectivity index (χ1) is 6.66. The van der Waals surface area contributed by atoms with Gasteiger partial charge in [0.25, 0.3) is 0 Å². The Bertz CT molecular complexity index is 448. The lowest BCUT2D eigenvalue weighted by Crippen LogP contribution is -2.34. The third kappa shape index (κ3) is 1.65. The maximum atomic E-state index is 11.4. The van der Waals surface area contributed by atoms with Crippen LogP contribution >= 0.6 is 15.9 Å². The fourth-order valence-electron chi connectivity index (χ4n) is 1.26. The zero-order valence-electron chi connectivity index (χ0n) is 7.64. The summed E-state index contributed by atoms with van der Waals surface area (Å²) in [7, 11) is 0. The standard InChI is InChI=1S/C10H9BrN2O/c1-8-2-4-10(5-3-8)12-6-9(11)7-13(12)14/h2-7H,1H3. The topological polar surface area (TPSA) is 31.9 Å². The smallest absolute Gasteiger partial charge is 0.223 e. The van der Waals surface area contributed by atoms with Crippen LogP contribution in [-0.2, 0) is 0 Å². The van der Waals surface area contributed by atoms with Gasteiger partial charge < -0.3 is 5.21 Å². The van der Waals surface area contributed by atoms with Crippen molar-refractivity contribution >= 4 is 15.9 Å². The van der Waals surface area contributed by atoms with Gasteiger partial charge in [0, 0.05) is 0 Å². The maximum absolute atomic E-state index is 11.4. The minimum absolute atomic E-state index is 0.771. The molecule has 0 aliphatic carbocycles. The minimum Gasteiger partial charge on any atom is -0.596 e. The molecule has 0 atom stereocenters. The molecule has 3 nitrogen and oxygen atoms in total. The summed E-state index contributed by atoms with van der Waals surface area (Å²) in [5.41, 5.74) is 2.04. The van der Waals surface area contributed by atoms with Gasteiger partial charge in [-0.1, -0.05) is 22.5 Å². The molecule has 0 N–H and O–H groups in total. The fraction of sp³-hybridized carbons (Fsp3) is 0.100. The van der Waals surface area contributed by atoms with Gasteiger partial charge in [0.2, 0.25) is 6.20 Å². The van der Waals surface area contributed by atoms with Crippen molar-refractivity contribution in [3.05, 3.63) is 51.9 Å². The van der Waals surface area contributed by atoms with Gasteiger partial charge in [-0.15, -0.1) is 4.68 Å². The third-order valence-corrected chi connectivity index (χ3v) is 2.40. The van der Waals surface area contributed by atoms with Gasteiger partial charge in [-0.25, -0.2) is 0 Å². The Morgan fingerprint density at radius 3 is 2.43 bits per heavy atom. The van der Waals surface area contributed by atoms with Crippen molar-refractivity contribution in [3.63, 3.8) is 0 Å². The van der Waals surface area contributed by atoms with E-state index in [1.54, 1.807) is 6.20 Å². The highest BCUT2D eigenvalue weighted by Gasteiger charge is 2.07. The van der Waals surface area contributed by atoms with E-state index < -0.39 is 0 Å². The molecule has 0 amide bonds. The van der Waals surface area contributed by atoms with Crippen molar-refractivity contribution in [2.45, 2.75) is 6.92 Å². The van der Waals surface area contributed by atoms with Crippen molar-refractivity contribution in [2.75, 3.05) is 0 Å². The number of rotatable bonds is 1. The Labute approximate surface area is 90.3 Å². The first-order valence-electron chi connectivity index (χ1n) is 4.21. The molecule has 1 heterocycles. The van der Waals surface area contributed by atoms with E-state index in [2.05, 4.69) is 15.9 Å². The van der Waals surface area contributed by atoms with Crippen LogP contribution < -0.4 is 4.85 Å². The average Bonchev–Trinajstić information content (AvgIpc) is 2.47. The highest BCUT2D eigenvalue weighted by molar-refractivity contribution is 9.10. The number of nitrogens with zero attached hydrogens (tertiary/aromatic N) is 2. The summed E-state index contributed by atoms with van der Waals surface area (Å²) in [5, 5.41) is 11.4. The molecule has 72 valence electrons. The van der Waals surface area contributed by atoms with Gasteiger partial charge in [0.1, 0.15) is 10.2 Å². The predicted octanol–water partition coefficient (Wildman–Crippen LogP) is 2.18. The summed E-state index contributed by atoms with van der Waals surface area (Å²) in [6.45, 7) is 2.01. The summed E-state index contributed by atoms with van der Waals surface area (Å²) in [5.74, 6) is 0. The molecule has 0 aliphatic heterocycles. The van der Waals surface area contributed by atoms with Crippen LogP contribution in [0.1, 0.15) is 5.56 Å². The molecule has 4 heteroatoms. The van der Waals surface area contributed by atoms with Crippen molar-refractivity contribution < 1.29 is 4.85 Å². The Hall–Kier alpha value is -1.29. The lowest BCUT2D eigenvalue weighted by atomic mass is 10.2. The normalized spacial score (nSPS) is 10.4. The van der Waals surface area contributed by atoms with E-state index >= 15 is 0 Å². The minimum atomic E-state index is 0.771. The van der Waals surface area contributed by atoms with Crippen molar-refractivity contribution in [3.8, 4) is 5.69 Å². The van der Waals surface area contributed by atoms with Crippen LogP contribution in [-0.4, -0.2) is 4.68 Å². The molecule has 1 aromatic carbocycles. The summed E-state index contributed by atoms with van der Waals surface area (Å²) >= 11 is 3.25. The van der Waals surface area contributed by atoms with E-state index in [1.165, 1.54) is 16.4 Å². The van der Waals surface area contributed by atoms with E-state index in [9.17, 15) is 5.21 Å². The van der Waals surface area contributed by atoms with Gasteiger partial charge in [-0.3, -0.25) is 0 Å². The van der Waals surface area contributed by atoms with Crippen LogP contribution in [0.15, 0.2) is 41.1 Å². The maximum Gasteiger partial charge on any atom is 0.223 e. The van der Waals surface area contributed by atoms with Crippen LogP contribution in [0, 0.1) is 12.1 Å². The molecule has 0 saturated heterocycles. The van der Waals surface area contributed by atoms with Gasteiger partial charge >= 0.3 is 0 Å². The van der Waals surface area contributed by atoms with Crippen molar-refractivity contribution in [1.82, 2.24) is 4.68 Å². The summed E-state index contributed by atoms with van der Waals surface area (Å²) in [6, 6.07) is 7.78. The van der Waals surface area contributed by atoms with E-state index in [0.717, 1.165) is 15.0 Å². The molecule has 14 heavy (non-hydrogen) atoms. The Kier molecular flexibility index (Phi) is 2.29. The molecule has 1 aromatic heterocycles. The number of benzene rings is 1. The number of aromatic nitrogens is 2. The summed E-state index contributed by atoms with van der Waals surface area (Å²) in [4.78, 5) is 0.786. The Balaban J connectivity index is 2.49. The first-order valence-corrected chi connectivity index (χ1v) is 5.00. The SMILES string of the molecule is Cc1ccc(-n2cc(Br)c[n+]2[O-])cc1. The molecule has 0 bridgehead atoms. The molecule has 0 saturated carbocycles. The van der Waals surface area contributed by atoms with Crippen LogP contribution in [0.2, 0.25) is 0 Å². The van der Waals surface area contributed by atoms with Crippen LogP contribution in [0.25, 0.3) is 5.69 Å². The molecular formula is C10H9BrN2O. The largest absolute Gasteiger partial charge is 0.596 e. The quantitative estimate of drug-likeness (QED) is 0.566. The second-order valence-corrected chi connectivity index (χ2v) is 4.04. The molecule has 0 aliphatic rings. The second-order valence-electron chi connectivity index (χ2n) is 3.13. The molecule has 0 fully saturated rings. The number of aryl methyl sites for hydroxylation is 1. The molecule has 0 spiro atoms. The zero-order valence-corrected chi connectivity index (χ0v) is 9.23. The highest BCUT2D eigenvalue weighted by atomic mass is 79.9. The zero-order chi connectivity index (χ0) is 10.1. The van der Waals surface area contributed by atoms with Crippen molar-refractivity contribution in [1.29, 1.82) is 0 Å². The van der Waals surface area contributed by atoms with Gasteiger partial charge in [0.15, 0.2) is 0 Å². The average molecular weight is 253 g/mol. The van der Waals surface area contributed by atoms with E-state index in [1.807, 2.05) is 31.2 Å². The number of halogens is 1. The summed E-state index contributed by atoms with van der Waals surface area (Å²) < 4.78 is 2.30. The molecular weight excluding hydrogens is 244 g/mol. The molecule has 0 unspecified atom stereocenters. The van der Waals surface area contributed by atoms with E-state index in [0.29, 0.717) is 0 Å². The third-order valence-electron chi connectivity index (χ3n) is 1.99. The number of hydrogen-bond donors (Lipinski definition) is 0. The lowest BCUT2D eigenvalue weighted by Gasteiger charge is -2.02. The number of hydrogen-bond acceptors (Lipinski definition) is 1. The van der Waals surface area contributed by atoms with Crippen LogP contribution in [0.3, 0.4) is 0 Å². The predicted molar refractivity (Wildman–Crippen MR) is 57.2 cm³/mol. The van der Waals surface area contributed by atoms with E-state index in [-0.39, 0.29) is 0 Å². The second kappa shape index (κ2) is 3.46. The first kappa shape index (κ1) is 9.27. The van der Waals surface area contributed by atoms with Gasteiger partial charge in [-0.05, 0) is 35.0 Å². The van der Waals surface area contributed by atoms with Crippen LogP contribution in [0.4, 0.5) is 0 Å². The van der Waals surface area contributed by atoms with Gasteiger partial charge in [-0.2, -0.15) is 0 Å². The highest BCUT2D eigenvalue weighted by Crippen LogP contribution is 2.11. The Morgan fingerprint density at radius 1 is 1.29 bits per heavy atom. The fourth-order valence-corrected chi connectivity index (χ4v) is 1.63. The Morgan fingerprint density at radius 2 is 1.93 bits per heavy atom. The molecule has 2 rings (SSSR count). The molecule has 2 aromatic rings. The lowest BCUT2D eigenvalue weighted by molar-refractivity contribution is -0.684. The van der Waals surface area contributed by atoms with Crippen molar-refractivity contribution in [2.24, 2.45) is 0 Å². The monoisotopic (exact) mass is 252 g/mol. The van der Waals surface area contributed by atoms with Crippen LogP contribution in [0.5, 0.6) is 0 Å². The van der Waals surface area contributed by atoms with Gasteiger partial charge in [0.05, 0.1) is 6.20 Å².